The van der Waals surface area contributed by atoms with Gasteiger partial charge in [-0.05, 0) is 85.1 Å². The summed E-state index contributed by atoms with van der Waals surface area (Å²) < 4.78 is 0. The molecule has 6 aromatic rings. The Kier molecular flexibility index (Phi) is 6.01. The number of amidine groups is 1. The van der Waals surface area contributed by atoms with Gasteiger partial charge in [-0.2, -0.15) is 0 Å². The molecule has 2 aliphatic rings. The highest BCUT2D eigenvalue weighted by molar-refractivity contribution is 6.25. The summed E-state index contributed by atoms with van der Waals surface area (Å²) in [7, 11) is 0. The average molecular weight is 544 g/mol. The van der Waals surface area contributed by atoms with Gasteiger partial charge < -0.3 is 10.6 Å². The second-order valence-electron chi connectivity index (χ2n) is 10.7. The number of hydrogen-bond acceptors (Lipinski definition) is 5. The summed E-state index contributed by atoms with van der Waals surface area (Å²) >= 11 is 0. The molecule has 2 atom stereocenters. The van der Waals surface area contributed by atoms with Crippen LogP contribution in [0.4, 0.5) is 0 Å². The van der Waals surface area contributed by atoms with E-state index >= 15 is 0 Å². The van der Waals surface area contributed by atoms with Crippen LogP contribution in [0.1, 0.15) is 17.3 Å². The highest BCUT2D eigenvalue weighted by Gasteiger charge is 2.27. The molecule has 2 aliphatic heterocycles. The van der Waals surface area contributed by atoms with Crippen molar-refractivity contribution in [3.05, 3.63) is 151 Å². The number of aromatic nitrogens is 1. The number of hydrogen-bond donors (Lipinski definition) is 3. The van der Waals surface area contributed by atoms with Crippen molar-refractivity contribution in [1.82, 2.24) is 20.9 Å². The molecule has 5 aromatic carbocycles. The Balaban J connectivity index is 1.29. The van der Waals surface area contributed by atoms with E-state index in [1.807, 2.05) is 30.7 Å². The minimum Gasteiger partial charge on any atom is -0.387 e. The molecule has 0 saturated carbocycles. The highest BCUT2D eigenvalue weighted by Crippen LogP contribution is 2.38. The van der Waals surface area contributed by atoms with Gasteiger partial charge in [-0.3, -0.25) is 10.3 Å². The van der Waals surface area contributed by atoms with E-state index in [4.69, 9.17) is 4.99 Å². The van der Waals surface area contributed by atoms with Crippen molar-refractivity contribution in [3.8, 4) is 11.1 Å². The molecule has 202 valence electrons. The zero-order chi connectivity index (χ0) is 27.9. The molecule has 0 spiro atoms. The molecule has 3 N–H and O–H groups in total. The summed E-state index contributed by atoms with van der Waals surface area (Å²) in [6.45, 7) is 0.800. The smallest absolute Gasteiger partial charge is 0.132 e. The molecule has 3 heterocycles. The van der Waals surface area contributed by atoms with Crippen LogP contribution in [-0.4, -0.2) is 23.5 Å². The lowest BCUT2D eigenvalue weighted by molar-refractivity contribution is 0.440. The van der Waals surface area contributed by atoms with Crippen LogP contribution in [0.2, 0.25) is 0 Å². The van der Waals surface area contributed by atoms with E-state index in [1.54, 1.807) is 0 Å². The lowest BCUT2D eigenvalue weighted by Crippen LogP contribution is -2.52. The van der Waals surface area contributed by atoms with Crippen LogP contribution in [-0.2, 0) is 0 Å². The van der Waals surface area contributed by atoms with Gasteiger partial charge in [-0.25, -0.2) is 4.99 Å². The van der Waals surface area contributed by atoms with Crippen molar-refractivity contribution in [3.63, 3.8) is 0 Å². The molecule has 2 unspecified atom stereocenters. The van der Waals surface area contributed by atoms with E-state index in [2.05, 4.69) is 124 Å². The maximum atomic E-state index is 5.21. The topological polar surface area (TPSA) is 61.3 Å². The third kappa shape index (κ3) is 4.23. The summed E-state index contributed by atoms with van der Waals surface area (Å²) in [5, 5.41) is 18.3. The summed E-state index contributed by atoms with van der Waals surface area (Å²) in [5.74, 6) is 0.868. The molecule has 0 aliphatic carbocycles. The summed E-state index contributed by atoms with van der Waals surface area (Å²) in [6.07, 6.45) is 9.68. The molecule has 0 amide bonds. The van der Waals surface area contributed by atoms with Crippen molar-refractivity contribution in [1.29, 1.82) is 0 Å². The van der Waals surface area contributed by atoms with Crippen LogP contribution in [0, 0.1) is 0 Å². The third-order valence-electron chi connectivity index (χ3n) is 8.31. The van der Waals surface area contributed by atoms with Crippen molar-refractivity contribution in [2.45, 2.75) is 12.3 Å². The number of benzene rings is 5. The second-order valence-corrected chi connectivity index (χ2v) is 10.7. The molecule has 0 bridgehead atoms. The first-order valence-corrected chi connectivity index (χ1v) is 14.4. The van der Waals surface area contributed by atoms with Gasteiger partial charge in [0.05, 0.1) is 0 Å². The summed E-state index contributed by atoms with van der Waals surface area (Å²) in [4.78, 5) is 9.43. The fourth-order valence-corrected chi connectivity index (χ4v) is 6.28. The first kappa shape index (κ1) is 24.5. The van der Waals surface area contributed by atoms with Gasteiger partial charge in [0, 0.05) is 24.5 Å². The number of nitrogens with zero attached hydrogens (tertiary/aromatic N) is 2. The van der Waals surface area contributed by atoms with Crippen molar-refractivity contribution in [2.24, 2.45) is 4.99 Å². The van der Waals surface area contributed by atoms with Crippen LogP contribution >= 0.6 is 0 Å². The average Bonchev–Trinajstić information content (AvgIpc) is 3.09. The summed E-state index contributed by atoms with van der Waals surface area (Å²) in [5.41, 5.74) is 5.65. The second kappa shape index (κ2) is 10.3. The van der Waals surface area contributed by atoms with E-state index < -0.39 is 0 Å². The van der Waals surface area contributed by atoms with E-state index in [1.165, 1.54) is 43.5 Å². The van der Waals surface area contributed by atoms with Crippen LogP contribution in [0.5, 0.6) is 0 Å². The number of rotatable bonds is 4. The van der Waals surface area contributed by atoms with Gasteiger partial charge in [0.1, 0.15) is 18.2 Å². The minimum atomic E-state index is -0.210. The van der Waals surface area contributed by atoms with Crippen molar-refractivity contribution in [2.75, 3.05) is 6.54 Å². The van der Waals surface area contributed by atoms with E-state index in [0.29, 0.717) is 0 Å². The molecule has 5 nitrogen and oxygen atoms in total. The Morgan fingerprint density at radius 1 is 0.643 bits per heavy atom. The van der Waals surface area contributed by atoms with Gasteiger partial charge in [-0.1, -0.05) is 91.0 Å². The van der Waals surface area contributed by atoms with Crippen LogP contribution in [0.15, 0.2) is 144 Å². The SMILES string of the molecule is C1=CC(C2NC(c3ccccc3-c3ccc4c5ccccc5c5ccccc5c4c3)=NC(c3ccncc3)N2)=CCN1. The Hall–Kier alpha value is -5.26. The largest absolute Gasteiger partial charge is 0.387 e. The maximum absolute atomic E-state index is 5.21. The molecule has 0 radical (unpaired) electrons. The molecule has 0 fully saturated rings. The standard InChI is InChI=1S/C37H29N5/c1-6-12-33(37-41-35(24-15-19-38-20-16-24)40-36(42-37)25-17-21-39-22-18-25)27(7-1)26-13-14-32-30-10-3-2-8-28(30)29-9-4-5-11-31(29)34(32)23-26/h1-21,23,35-36,39-40H,22H2,(H,41,42). The quantitative estimate of drug-likeness (QED) is 0.206. The Morgan fingerprint density at radius 3 is 1.98 bits per heavy atom. The number of dihydropyridines is 1. The minimum absolute atomic E-state index is 0.0889. The normalized spacial score (nSPS) is 18.4. The summed E-state index contributed by atoms with van der Waals surface area (Å²) in [6, 6.07) is 36.9. The maximum Gasteiger partial charge on any atom is 0.132 e. The van der Waals surface area contributed by atoms with Gasteiger partial charge in [0.15, 0.2) is 0 Å². The first-order valence-electron chi connectivity index (χ1n) is 14.4. The number of fused-ring (bicyclic) bond motifs is 6. The van der Waals surface area contributed by atoms with Crippen LogP contribution in [0.3, 0.4) is 0 Å². The monoisotopic (exact) mass is 543 g/mol. The van der Waals surface area contributed by atoms with E-state index in [-0.39, 0.29) is 12.3 Å². The van der Waals surface area contributed by atoms with Gasteiger partial charge in [0.2, 0.25) is 0 Å². The van der Waals surface area contributed by atoms with Gasteiger partial charge in [0.25, 0.3) is 0 Å². The van der Waals surface area contributed by atoms with E-state index in [0.717, 1.165) is 29.1 Å². The zero-order valence-corrected chi connectivity index (χ0v) is 23.0. The van der Waals surface area contributed by atoms with Crippen molar-refractivity contribution >= 4 is 38.2 Å². The molecule has 8 rings (SSSR count). The Labute approximate surface area is 244 Å². The van der Waals surface area contributed by atoms with Crippen LogP contribution in [0.25, 0.3) is 43.4 Å². The molecular weight excluding hydrogens is 514 g/mol. The lowest BCUT2D eigenvalue weighted by atomic mass is 9.91. The first-order chi connectivity index (χ1) is 20.8. The third-order valence-corrected chi connectivity index (χ3v) is 8.31. The predicted molar refractivity (Wildman–Crippen MR) is 173 cm³/mol. The fraction of sp³-hybridized carbons (Fsp3) is 0.0811. The number of pyridine rings is 1. The lowest BCUT2D eigenvalue weighted by Gasteiger charge is -2.33. The number of nitrogens with one attached hydrogen (secondary N) is 3. The van der Waals surface area contributed by atoms with Crippen molar-refractivity contribution < 1.29 is 0 Å². The number of aliphatic imine (C=N–C) groups is 1. The Morgan fingerprint density at radius 2 is 1.29 bits per heavy atom. The predicted octanol–water partition coefficient (Wildman–Crippen LogP) is 7.22. The van der Waals surface area contributed by atoms with Crippen LogP contribution < -0.4 is 16.0 Å². The molecule has 1 aromatic heterocycles. The van der Waals surface area contributed by atoms with Gasteiger partial charge in [-0.15, -0.1) is 0 Å². The van der Waals surface area contributed by atoms with E-state index in [9.17, 15) is 0 Å². The Bertz CT molecular complexity index is 2020. The zero-order valence-electron chi connectivity index (χ0n) is 23.0. The molecule has 42 heavy (non-hydrogen) atoms. The molecule has 5 heteroatoms. The van der Waals surface area contributed by atoms with Gasteiger partial charge >= 0.3 is 0 Å². The molecule has 0 saturated heterocycles. The fourth-order valence-electron chi connectivity index (χ4n) is 6.28. The molecular formula is C37H29N5. The highest BCUT2D eigenvalue weighted by atomic mass is 15.3.